The molecule has 1 aliphatic heterocycles. The Hall–Kier alpha value is -0.0800. The van der Waals surface area contributed by atoms with E-state index in [1.165, 1.54) is 25.8 Å². The molecule has 2 rings (SSSR count). The van der Waals surface area contributed by atoms with Gasteiger partial charge in [-0.3, -0.25) is 4.90 Å². The van der Waals surface area contributed by atoms with E-state index < -0.39 is 0 Å². The Labute approximate surface area is 81.5 Å². The zero-order valence-corrected chi connectivity index (χ0v) is 8.87. The van der Waals surface area contributed by atoms with Crippen LogP contribution in [0.4, 0.5) is 0 Å². The van der Waals surface area contributed by atoms with Crippen molar-refractivity contribution < 1.29 is 0 Å². The molecule has 76 valence electrons. The Morgan fingerprint density at radius 3 is 2.69 bits per heavy atom. The van der Waals surface area contributed by atoms with Crippen LogP contribution in [0, 0.1) is 5.92 Å². The highest BCUT2D eigenvalue weighted by Crippen LogP contribution is 2.38. The average Bonchev–Trinajstić information content (AvgIpc) is 2.76. The van der Waals surface area contributed by atoms with E-state index in [1.54, 1.807) is 0 Å². The van der Waals surface area contributed by atoms with E-state index in [1.807, 2.05) is 0 Å². The zero-order valence-electron chi connectivity index (χ0n) is 8.87. The van der Waals surface area contributed by atoms with Gasteiger partial charge in [0.15, 0.2) is 0 Å². The van der Waals surface area contributed by atoms with Crippen LogP contribution in [0.5, 0.6) is 0 Å². The van der Waals surface area contributed by atoms with Crippen molar-refractivity contribution in [2.45, 2.75) is 57.7 Å². The van der Waals surface area contributed by atoms with Gasteiger partial charge in [0.1, 0.15) is 0 Å². The number of nitrogens with two attached hydrogens (primary N) is 1. The molecule has 0 aromatic rings. The molecule has 2 aliphatic rings. The van der Waals surface area contributed by atoms with E-state index in [0.29, 0.717) is 12.1 Å². The van der Waals surface area contributed by atoms with Crippen molar-refractivity contribution in [2.75, 3.05) is 6.54 Å². The lowest BCUT2D eigenvalue weighted by Crippen LogP contribution is -2.48. The van der Waals surface area contributed by atoms with Crippen molar-refractivity contribution in [3.05, 3.63) is 0 Å². The van der Waals surface area contributed by atoms with E-state index in [2.05, 4.69) is 18.7 Å². The van der Waals surface area contributed by atoms with Gasteiger partial charge in [0, 0.05) is 24.7 Å². The Kier molecular flexibility index (Phi) is 2.61. The van der Waals surface area contributed by atoms with E-state index in [0.717, 1.165) is 18.4 Å². The van der Waals surface area contributed by atoms with Gasteiger partial charge in [0.05, 0.1) is 0 Å². The van der Waals surface area contributed by atoms with Crippen LogP contribution in [0.3, 0.4) is 0 Å². The van der Waals surface area contributed by atoms with Crippen LogP contribution in [0.25, 0.3) is 0 Å². The van der Waals surface area contributed by atoms with Gasteiger partial charge in [0.2, 0.25) is 0 Å². The molecular formula is C11H22N2. The fraction of sp³-hybridized carbons (Fsp3) is 1.00. The fourth-order valence-electron chi connectivity index (χ4n) is 3.05. The molecule has 1 aliphatic carbocycles. The summed E-state index contributed by atoms with van der Waals surface area (Å²) in [6, 6.07) is 1.84. The molecule has 1 saturated carbocycles. The lowest BCUT2D eigenvalue weighted by Gasteiger charge is -2.35. The van der Waals surface area contributed by atoms with E-state index in [-0.39, 0.29) is 0 Å². The second kappa shape index (κ2) is 3.58. The maximum atomic E-state index is 6.09. The van der Waals surface area contributed by atoms with Crippen LogP contribution in [0.2, 0.25) is 0 Å². The molecule has 2 nitrogen and oxygen atoms in total. The Bertz CT molecular complexity index is 181. The third-order valence-corrected chi connectivity index (χ3v) is 4.07. The number of piperidine rings is 1. The van der Waals surface area contributed by atoms with Gasteiger partial charge >= 0.3 is 0 Å². The molecule has 2 heteroatoms. The summed E-state index contributed by atoms with van der Waals surface area (Å²) in [7, 11) is 0. The van der Waals surface area contributed by atoms with Crippen LogP contribution in [-0.2, 0) is 0 Å². The van der Waals surface area contributed by atoms with Crippen molar-refractivity contribution in [2.24, 2.45) is 11.7 Å². The molecule has 2 fully saturated rings. The first-order valence-electron chi connectivity index (χ1n) is 5.73. The maximum Gasteiger partial charge on any atom is 0.0221 e. The molecule has 2 bridgehead atoms. The van der Waals surface area contributed by atoms with Crippen molar-refractivity contribution >= 4 is 0 Å². The highest BCUT2D eigenvalue weighted by Gasteiger charge is 2.40. The van der Waals surface area contributed by atoms with Crippen LogP contribution in [0.15, 0.2) is 0 Å². The summed E-state index contributed by atoms with van der Waals surface area (Å²) < 4.78 is 0. The van der Waals surface area contributed by atoms with Crippen molar-refractivity contribution in [1.29, 1.82) is 0 Å². The summed E-state index contributed by atoms with van der Waals surface area (Å²) in [4.78, 5) is 2.66. The normalized spacial score (nSPS) is 38.1. The van der Waals surface area contributed by atoms with Gasteiger partial charge in [-0.2, -0.15) is 0 Å². The Morgan fingerprint density at radius 1 is 1.46 bits per heavy atom. The first kappa shape index (κ1) is 9.47. The maximum absolute atomic E-state index is 6.09. The van der Waals surface area contributed by atoms with Crippen molar-refractivity contribution in [3.8, 4) is 0 Å². The molecule has 1 saturated heterocycles. The highest BCUT2D eigenvalue weighted by molar-refractivity contribution is 4.96. The number of hydrogen-bond acceptors (Lipinski definition) is 2. The monoisotopic (exact) mass is 182 g/mol. The number of rotatable bonds is 3. The first-order chi connectivity index (χ1) is 6.22. The standard InChI is InChI=1S/C11H22N2/c1-3-11(12)8(2)13-7-9-4-5-10(13)6-9/h8-11H,3-7,12H2,1-2H3. The topological polar surface area (TPSA) is 29.3 Å². The quantitative estimate of drug-likeness (QED) is 0.718. The van der Waals surface area contributed by atoms with Gasteiger partial charge in [-0.25, -0.2) is 0 Å². The molecular weight excluding hydrogens is 160 g/mol. The second-order valence-corrected chi connectivity index (χ2v) is 4.84. The smallest absolute Gasteiger partial charge is 0.0221 e. The lowest BCUT2D eigenvalue weighted by atomic mass is 10.0. The third kappa shape index (κ3) is 1.62. The first-order valence-corrected chi connectivity index (χ1v) is 5.73. The predicted molar refractivity (Wildman–Crippen MR) is 55.6 cm³/mol. The van der Waals surface area contributed by atoms with Crippen LogP contribution in [-0.4, -0.2) is 29.6 Å². The van der Waals surface area contributed by atoms with Crippen molar-refractivity contribution in [3.63, 3.8) is 0 Å². The molecule has 13 heavy (non-hydrogen) atoms. The molecule has 0 aromatic carbocycles. The summed E-state index contributed by atoms with van der Waals surface area (Å²) in [5, 5.41) is 0. The van der Waals surface area contributed by atoms with Gasteiger partial charge in [-0.1, -0.05) is 6.92 Å². The summed E-state index contributed by atoms with van der Waals surface area (Å²) in [5.41, 5.74) is 6.09. The van der Waals surface area contributed by atoms with Gasteiger partial charge in [-0.05, 0) is 38.5 Å². The summed E-state index contributed by atoms with van der Waals surface area (Å²) in [6.07, 6.45) is 5.44. The van der Waals surface area contributed by atoms with E-state index in [4.69, 9.17) is 5.73 Å². The van der Waals surface area contributed by atoms with Crippen LogP contribution >= 0.6 is 0 Å². The van der Waals surface area contributed by atoms with Gasteiger partial charge < -0.3 is 5.73 Å². The number of nitrogens with zero attached hydrogens (tertiary/aromatic N) is 1. The second-order valence-electron chi connectivity index (χ2n) is 4.84. The largest absolute Gasteiger partial charge is 0.326 e. The summed E-state index contributed by atoms with van der Waals surface area (Å²) in [6.45, 7) is 5.81. The van der Waals surface area contributed by atoms with E-state index in [9.17, 15) is 0 Å². The Morgan fingerprint density at radius 2 is 2.23 bits per heavy atom. The minimum atomic E-state index is 0.374. The third-order valence-electron chi connectivity index (χ3n) is 4.07. The summed E-state index contributed by atoms with van der Waals surface area (Å²) in [5.74, 6) is 0.997. The van der Waals surface area contributed by atoms with Crippen LogP contribution < -0.4 is 5.73 Å². The molecule has 0 aromatic heterocycles. The molecule has 2 N–H and O–H groups in total. The van der Waals surface area contributed by atoms with E-state index >= 15 is 0 Å². The number of fused-ring (bicyclic) bond motifs is 2. The number of likely N-dealkylation sites (tertiary alicyclic amines) is 1. The molecule has 1 heterocycles. The average molecular weight is 182 g/mol. The molecule has 0 radical (unpaired) electrons. The summed E-state index contributed by atoms with van der Waals surface area (Å²) >= 11 is 0. The lowest BCUT2D eigenvalue weighted by molar-refractivity contribution is 0.138. The SMILES string of the molecule is CCC(N)C(C)N1CC2CCC1C2. The minimum Gasteiger partial charge on any atom is -0.326 e. The zero-order chi connectivity index (χ0) is 9.42. The molecule has 4 atom stereocenters. The molecule has 0 spiro atoms. The highest BCUT2D eigenvalue weighted by atomic mass is 15.2. The predicted octanol–water partition coefficient (Wildman–Crippen LogP) is 1.60. The minimum absolute atomic E-state index is 0.374. The molecule has 0 amide bonds. The molecule has 4 unspecified atom stereocenters. The van der Waals surface area contributed by atoms with Crippen molar-refractivity contribution in [1.82, 2.24) is 4.90 Å². The van der Waals surface area contributed by atoms with Crippen LogP contribution in [0.1, 0.15) is 39.5 Å². The van der Waals surface area contributed by atoms with Gasteiger partial charge in [0.25, 0.3) is 0 Å². The van der Waals surface area contributed by atoms with Gasteiger partial charge in [-0.15, -0.1) is 0 Å². The Balaban J connectivity index is 1.94. The number of hydrogen-bond donors (Lipinski definition) is 1. The fourth-order valence-corrected chi connectivity index (χ4v) is 3.05.